The van der Waals surface area contributed by atoms with E-state index in [0.717, 1.165) is 12.8 Å². The molecule has 0 bridgehead atoms. The van der Waals surface area contributed by atoms with Gasteiger partial charge in [-0.15, -0.1) is 12.6 Å². The van der Waals surface area contributed by atoms with Gasteiger partial charge in [0.05, 0.1) is 10.0 Å². The van der Waals surface area contributed by atoms with E-state index in [2.05, 4.69) is 22.6 Å². The van der Waals surface area contributed by atoms with Crippen molar-refractivity contribution in [3.05, 3.63) is 44.3 Å². The van der Waals surface area contributed by atoms with E-state index in [4.69, 9.17) is 33.7 Å². The lowest BCUT2D eigenvalue weighted by molar-refractivity contribution is -0.130. The predicted molar refractivity (Wildman–Crippen MR) is 113 cm³/mol. The van der Waals surface area contributed by atoms with Crippen LogP contribution in [-0.4, -0.2) is 35.1 Å². The van der Waals surface area contributed by atoms with Crippen molar-refractivity contribution in [3.8, 4) is 11.3 Å². The molecule has 0 radical (unpaired) electrons. The quantitative estimate of drug-likeness (QED) is 0.373. The topological polar surface area (TPSA) is 101 Å². The third kappa shape index (κ3) is 4.30. The van der Waals surface area contributed by atoms with E-state index in [1.165, 1.54) is 0 Å². The van der Waals surface area contributed by atoms with Crippen LogP contribution in [0.2, 0.25) is 10.0 Å². The van der Waals surface area contributed by atoms with Crippen LogP contribution in [0.1, 0.15) is 30.9 Å². The van der Waals surface area contributed by atoms with Crippen molar-refractivity contribution in [1.82, 2.24) is 9.97 Å². The summed E-state index contributed by atoms with van der Waals surface area (Å²) in [4.78, 5) is 32.9. The van der Waals surface area contributed by atoms with Gasteiger partial charge in [-0.2, -0.15) is 0 Å². The molecular weight excluding hydrogens is 423 g/mol. The largest absolute Gasteiger partial charge is 0.447 e. The molecule has 10 heteroatoms. The summed E-state index contributed by atoms with van der Waals surface area (Å²) in [6.07, 6.45) is 1.48. The van der Waals surface area contributed by atoms with Gasteiger partial charge in [-0.25, -0.2) is 4.98 Å². The van der Waals surface area contributed by atoms with Gasteiger partial charge in [-0.1, -0.05) is 35.3 Å². The molecule has 2 heterocycles. The molecule has 7 nitrogen and oxygen atoms in total. The molecule has 0 aliphatic carbocycles. The lowest BCUT2D eigenvalue weighted by Crippen LogP contribution is -2.49. The highest BCUT2D eigenvalue weighted by Crippen LogP contribution is 2.34. The van der Waals surface area contributed by atoms with Crippen molar-refractivity contribution >= 4 is 48.1 Å². The molecule has 1 aliphatic heterocycles. The SMILES string of the molecule is CC1(N)CCN(c2[nH]c(=O)c(-c3cccc(Cl)c3Cl)nc2C(S)OC=O)CC1. The number of H-pyrrole nitrogens is 1. The fraction of sp³-hybridized carbons (Fsp3) is 0.389. The molecule has 1 aromatic carbocycles. The van der Waals surface area contributed by atoms with Gasteiger partial charge < -0.3 is 20.4 Å². The van der Waals surface area contributed by atoms with Gasteiger partial charge in [0.15, 0.2) is 5.44 Å². The number of thiol groups is 1. The molecule has 1 fully saturated rings. The third-order valence-electron chi connectivity index (χ3n) is 4.77. The van der Waals surface area contributed by atoms with Crippen LogP contribution in [0.4, 0.5) is 5.82 Å². The summed E-state index contributed by atoms with van der Waals surface area (Å²) < 4.78 is 4.97. The molecule has 3 rings (SSSR count). The molecule has 1 saturated heterocycles. The van der Waals surface area contributed by atoms with Crippen LogP contribution in [0.5, 0.6) is 0 Å². The number of hydrogen-bond acceptors (Lipinski definition) is 7. The Morgan fingerprint density at radius 2 is 2.07 bits per heavy atom. The highest BCUT2D eigenvalue weighted by Gasteiger charge is 2.30. The Morgan fingerprint density at radius 1 is 1.39 bits per heavy atom. The number of benzene rings is 1. The number of aromatic nitrogens is 2. The maximum atomic E-state index is 12.8. The zero-order chi connectivity index (χ0) is 20.5. The summed E-state index contributed by atoms with van der Waals surface area (Å²) >= 11 is 16.6. The number of carbonyl (C=O) groups is 1. The lowest BCUT2D eigenvalue weighted by Gasteiger charge is -2.38. The molecule has 28 heavy (non-hydrogen) atoms. The second kappa shape index (κ2) is 8.32. The maximum Gasteiger partial charge on any atom is 0.294 e. The normalized spacial score (nSPS) is 17.2. The standard InChI is InChI=1S/C18H20Cl2N4O3S/c1-18(21)5-7-24(8-6-18)15-14(17(28)27-9-25)22-13(16(26)23-15)10-3-2-4-11(19)12(10)20/h2-4,9,17,28H,5-8,21H2,1H3,(H,23,26). The maximum absolute atomic E-state index is 12.8. The fourth-order valence-corrected chi connectivity index (χ4v) is 3.72. The molecule has 0 amide bonds. The number of carbonyl (C=O) groups excluding carboxylic acids is 1. The smallest absolute Gasteiger partial charge is 0.294 e. The molecule has 0 spiro atoms. The van der Waals surface area contributed by atoms with Crippen molar-refractivity contribution < 1.29 is 9.53 Å². The van der Waals surface area contributed by atoms with E-state index in [1.807, 2.05) is 11.8 Å². The van der Waals surface area contributed by atoms with Gasteiger partial charge in [0.1, 0.15) is 17.2 Å². The Balaban J connectivity index is 2.11. The molecule has 1 atom stereocenters. The summed E-state index contributed by atoms with van der Waals surface area (Å²) in [5.41, 5.74) is 5.29. The van der Waals surface area contributed by atoms with E-state index in [1.54, 1.807) is 18.2 Å². The minimum absolute atomic E-state index is 0.0699. The minimum Gasteiger partial charge on any atom is -0.447 e. The van der Waals surface area contributed by atoms with E-state index in [-0.39, 0.29) is 22.7 Å². The fourth-order valence-electron chi connectivity index (χ4n) is 3.10. The zero-order valence-electron chi connectivity index (χ0n) is 15.1. The first-order chi connectivity index (χ1) is 13.2. The van der Waals surface area contributed by atoms with Gasteiger partial charge in [-0.05, 0) is 25.8 Å². The highest BCUT2D eigenvalue weighted by atomic mass is 35.5. The van der Waals surface area contributed by atoms with Crippen LogP contribution in [-0.2, 0) is 9.53 Å². The third-order valence-corrected chi connectivity index (χ3v) is 5.95. The van der Waals surface area contributed by atoms with Gasteiger partial charge in [0, 0.05) is 24.2 Å². The van der Waals surface area contributed by atoms with Gasteiger partial charge in [-0.3, -0.25) is 9.59 Å². The molecule has 1 aliphatic rings. The van der Waals surface area contributed by atoms with Crippen molar-refractivity contribution in [3.63, 3.8) is 0 Å². The summed E-state index contributed by atoms with van der Waals surface area (Å²) in [7, 11) is 0. The van der Waals surface area contributed by atoms with Crippen LogP contribution in [0, 0.1) is 0 Å². The van der Waals surface area contributed by atoms with Crippen molar-refractivity contribution in [2.75, 3.05) is 18.0 Å². The first-order valence-corrected chi connectivity index (χ1v) is 9.90. The van der Waals surface area contributed by atoms with Crippen LogP contribution in [0.3, 0.4) is 0 Å². The first kappa shape index (κ1) is 21.0. The number of hydrogen-bond donors (Lipinski definition) is 3. The summed E-state index contributed by atoms with van der Waals surface area (Å²) in [6.45, 7) is 3.52. The molecule has 1 aromatic heterocycles. The number of piperidine rings is 1. The molecule has 3 N–H and O–H groups in total. The Labute approximate surface area is 177 Å². The van der Waals surface area contributed by atoms with Crippen LogP contribution < -0.4 is 16.2 Å². The molecule has 0 saturated carbocycles. The number of nitrogens with one attached hydrogen (secondary N) is 1. The van der Waals surface area contributed by atoms with E-state index in [0.29, 0.717) is 35.2 Å². The number of aromatic amines is 1. The molecular formula is C18H20Cl2N4O3S. The van der Waals surface area contributed by atoms with Crippen LogP contribution in [0.25, 0.3) is 11.3 Å². The van der Waals surface area contributed by atoms with Crippen LogP contribution >= 0.6 is 35.8 Å². The van der Waals surface area contributed by atoms with Gasteiger partial charge in [0.2, 0.25) is 0 Å². The number of anilines is 1. The summed E-state index contributed by atoms with van der Waals surface area (Å²) in [5.74, 6) is 0.448. The van der Waals surface area contributed by atoms with Crippen LogP contribution in [0.15, 0.2) is 23.0 Å². The average Bonchev–Trinajstić information content (AvgIpc) is 2.64. The summed E-state index contributed by atoms with van der Waals surface area (Å²) in [5, 5.41) is 0.514. The number of ether oxygens (including phenoxy) is 1. The second-order valence-electron chi connectivity index (χ2n) is 6.98. The summed E-state index contributed by atoms with van der Waals surface area (Å²) in [6, 6.07) is 4.93. The van der Waals surface area contributed by atoms with E-state index in [9.17, 15) is 9.59 Å². The number of nitrogens with zero attached hydrogens (tertiary/aromatic N) is 2. The average molecular weight is 443 g/mol. The Kier molecular flexibility index (Phi) is 6.24. The zero-order valence-corrected chi connectivity index (χ0v) is 17.5. The van der Waals surface area contributed by atoms with Crippen molar-refractivity contribution in [1.29, 1.82) is 0 Å². The van der Waals surface area contributed by atoms with Crippen molar-refractivity contribution in [2.24, 2.45) is 5.73 Å². The second-order valence-corrected chi connectivity index (χ2v) is 8.23. The number of rotatable bonds is 5. The Hall–Kier alpha value is -1.74. The monoisotopic (exact) mass is 442 g/mol. The van der Waals surface area contributed by atoms with Crippen molar-refractivity contribution in [2.45, 2.75) is 30.7 Å². The Bertz CT molecular complexity index is 941. The van der Waals surface area contributed by atoms with E-state index >= 15 is 0 Å². The number of nitrogens with two attached hydrogens (primary N) is 1. The molecule has 1 unspecified atom stereocenters. The van der Waals surface area contributed by atoms with Gasteiger partial charge >= 0.3 is 0 Å². The molecule has 150 valence electrons. The predicted octanol–water partition coefficient (Wildman–Crippen LogP) is 3.16. The Morgan fingerprint density at radius 3 is 2.71 bits per heavy atom. The first-order valence-electron chi connectivity index (χ1n) is 8.63. The van der Waals surface area contributed by atoms with Gasteiger partial charge in [0.25, 0.3) is 12.0 Å². The van der Waals surface area contributed by atoms with E-state index < -0.39 is 11.0 Å². The highest BCUT2D eigenvalue weighted by molar-refractivity contribution is 7.80. The lowest BCUT2D eigenvalue weighted by atomic mass is 9.91. The molecule has 2 aromatic rings. The minimum atomic E-state index is -0.966. The number of halogens is 2.